The van der Waals surface area contributed by atoms with Crippen LogP contribution in [0.15, 0.2) is 83.3 Å². The SMILES string of the molecule is Cc1ccc(N2C(=O)C3C(C2=O)C(C(=O)c2ccc(Br)cc2)N2c4ccccc4C=CC32)cc1. The first-order valence-electron chi connectivity index (χ1n) is 11.3. The summed E-state index contributed by atoms with van der Waals surface area (Å²) in [6.07, 6.45) is 3.96. The maximum Gasteiger partial charge on any atom is 0.240 e. The van der Waals surface area contributed by atoms with Gasteiger partial charge in [-0.3, -0.25) is 14.4 Å². The number of nitrogens with zero attached hydrogens (tertiary/aromatic N) is 2. The molecule has 6 heteroatoms. The van der Waals surface area contributed by atoms with Gasteiger partial charge in [0.25, 0.3) is 0 Å². The molecule has 0 N–H and O–H groups in total. The number of carbonyl (C=O) groups excluding carboxylic acids is 3. The molecule has 0 radical (unpaired) electrons. The number of para-hydroxylation sites is 1. The maximum absolute atomic E-state index is 13.9. The van der Waals surface area contributed by atoms with Crippen LogP contribution in [0.3, 0.4) is 0 Å². The molecule has 6 rings (SSSR count). The summed E-state index contributed by atoms with van der Waals surface area (Å²) in [7, 11) is 0. The summed E-state index contributed by atoms with van der Waals surface area (Å²) in [5.41, 5.74) is 3.97. The molecule has 4 atom stereocenters. The normalized spacial score (nSPS) is 24.8. The van der Waals surface area contributed by atoms with E-state index in [-0.39, 0.29) is 23.6 Å². The van der Waals surface area contributed by atoms with Crippen molar-refractivity contribution >= 4 is 51.0 Å². The summed E-state index contributed by atoms with van der Waals surface area (Å²) in [6.45, 7) is 1.96. The van der Waals surface area contributed by atoms with E-state index in [1.165, 1.54) is 4.90 Å². The Hall–Kier alpha value is -3.51. The lowest BCUT2D eigenvalue weighted by Crippen LogP contribution is -2.48. The average Bonchev–Trinajstić information content (AvgIpc) is 3.33. The third kappa shape index (κ3) is 3.02. The minimum absolute atomic E-state index is 0.151. The number of anilines is 2. The fourth-order valence-corrected chi connectivity index (χ4v) is 5.81. The van der Waals surface area contributed by atoms with E-state index in [1.54, 1.807) is 24.3 Å². The van der Waals surface area contributed by atoms with Crippen LogP contribution in [-0.4, -0.2) is 29.7 Å². The van der Waals surface area contributed by atoms with Crippen LogP contribution in [0.2, 0.25) is 0 Å². The molecule has 3 aromatic rings. The molecule has 0 aliphatic carbocycles. The van der Waals surface area contributed by atoms with Gasteiger partial charge in [0, 0.05) is 15.7 Å². The van der Waals surface area contributed by atoms with Gasteiger partial charge in [-0.15, -0.1) is 0 Å². The molecule has 0 aromatic heterocycles. The van der Waals surface area contributed by atoms with Crippen LogP contribution in [0, 0.1) is 18.8 Å². The van der Waals surface area contributed by atoms with Crippen LogP contribution in [0.25, 0.3) is 6.08 Å². The maximum atomic E-state index is 13.9. The van der Waals surface area contributed by atoms with Crippen molar-refractivity contribution in [2.24, 2.45) is 11.8 Å². The first kappa shape index (κ1) is 21.1. The number of aryl methyl sites for hydroxylation is 1. The molecule has 4 unspecified atom stereocenters. The zero-order valence-electron chi connectivity index (χ0n) is 18.4. The summed E-state index contributed by atoms with van der Waals surface area (Å²) in [5, 5.41) is 0. The Bertz CT molecular complexity index is 1360. The van der Waals surface area contributed by atoms with Crippen molar-refractivity contribution in [2.75, 3.05) is 9.80 Å². The lowest BCUT2D eigenvalue weighted by molar-refractivity contribution is -0.122. The van der Waals surface area contributed by atoms with Crippen LogP contribution < -0.4 is 9.80 Å². The zero-order valence-corrected chi connectivity index (χ0v) is 20.0. The molecule has 3 aliphatic heterocycles. The molecular formula is C28H21BrN2O3. The Balaban J connectivity index is 1.49. The number of amides is 2. The van der Waals surface area contributed by atoms with Crippen molar-refractivity contribution < 1.29 is 14.4 Å². The monoisotopic (exact) mass is 512 g/mol. The zero-order chi connectivity index (χ0) is 23.6. The molecule has 168 valence electrons. The third-order valence-electron chi connectivity index (χ3n) is 7.10. The van der Waals surface area contributed by atoms with Crippen molar-refractivity contribution in [3.05, 3.63) is 100 Å². The first-order chi connectivity index (χ1) is 16.5. The molecular weight excluding hydrogens is 492 g/mol. The molecule has 3 aromatic carbocycles. The molecule has 0 spiro atoms. The van der Waals surface area contributed by atoms with E-state index in [4.69, 9.17) is 0 Å². The number of rotatable bonds is 3. The summed E-state index contributed by atoms with van der Waals surface area (Å²) in [4.78, 5) is 44.8. The van der Waals surface area contributed by atoms with Gasteiger partial charge in [-0.2, -0.15) is 0 Å². The van der Waals surface area contributed by atoms with Crippen LogP contribution in [0.5, 0.6) is 0 Å². The Morgan fingerprint density at radius 3 is 2.26 bits per heavy atom. The van der Waals surface area contributed by atoms with Crippen LogP contribution >= 0.6 is 15.9 Å². The quantitative estimate of drug-likeness (QED) is 0.364. The highest BCUT2D eigenvalue weighted by atomic mass is 79.9. The molecule has 3 aliphatic rings. The Labute approximate surface area is 205 Å². The Morgan fingerprint density at radius 1 is 0.853 bits per heavy atom. The number of benzene rings is 3. The fraction of sp³-hybridized carbons (Fsp3) is 0.179. The van der Waals surface area contributed by atoms with Crippen LogP contribution in [0.1, 0.15) is 21.5 Å². The summed E-state index contributed by atoms with van der Waals surface area (Å²) in [5.74, 6) is -2.09. The molecule has 0 bridgehead atoms. The number of carbonyl (C=O) groups is 3. The second-order valence-corrected chi connectivity index (χ2v) is 9.95. The molecule has 2 amide bonds. The van der Waals surface area contributed by atoms with Crippen molar-refractivity contribution in [3.63, 3.8) is 0 Å². The van der Waals surface area contributed by atoms with Crippen molar-refractivity contribution in [1.82, 2.24) is 0 Å². The highest BCUT2D eigenvalue weighted by Crippen LogP contribution is 2.49. The van der Waals surface area contributed by atoms with Crippen molar-refractivity contribution in [3.8, 4) is 0 Å². The first-order valence-corrected chi connectivity index (χ1v) is 12.0. The molecule has 2 fully saturated rings. The number of hydrogen-bond acceptors (Lipinski definition) is 4. The lowest BCUT2D eigenvalue weighted by atomic mass is 9.86. The van der Waals surface area contributed by atoms with Crippen LogP contribution in [0.4, 0.5) is 11.4 Å². The second kappa shape index (κ2) is 7.77. The van der Waals surface area contributed by atoms with Crippen LogP contribution in [-0.2, 0) is 9.59 Å². The van der Waals surface area contributed by atoms with Gasteiger partial charge in [0.1, 0.15) is 6.04 Å². The highest BCUT2D eigenvalue weighted by molar-refractivity contribution is 9.10. The Kier molecular flexibility index (Phi) is 4.81. The standard InChI is InChI=1S/C28H21BrN2O3/c1-16-6-13-20(14-7-16)30-27(33)23-22-15-10-17-4-2-3-5-21(17)31(22)25(24(23)28(30)34)26(32)18-8-11-19(29)12-9-18/h2-15,22-25H,1H3. The average molecular weight is 513 g/mol. The predicted molar refractivity (Wildman–Crippen MR) is 135 cm³/mol. The number of ketones is 1. The third-order valence-corrected chi connectivity index (χ3v) is 7.63. The summed E-state index contributed by atoms with van der Waals surface area (Å²) in [6, 6.07) is 21.2. The summed E-state index contributed by atoms with van der Waals surface area (Å²) >= 11 is 3.42. The van der Waals surface area contributed by atoms with E-state index in [9.17, 15) is 14.4 Å². The van der Waals surface area contributed by atoms with E-state index in [0.717, 1.165) is 21.3 Å². The number of Topliss-reactive ketones (excluding diaryl/α,β-unsaturated/α-hetero) is 1. The van der Waals surface area contributed by atoms with Gasteiger partial charge in [0.15, 0.2) is 5.78 Å². The van der Waals surface area contributed by atoms with E-state index >= 15 is 0 Å². The van der Waals surface area contributed by atoms with Gasteiger partial charge in [0.2, 0.25) is 11.8 Å². The molecule has 3 heterocycles. The minimum atomic E-state index is -0.769. The predicted octanol–water partition coefficient (Wildman–Crippen LogP) is 5.03. The smallest absolute Gasteiger partial charge is 0.240 e. The number of imide groups is 1. The largest absolute Gasteiger partial charge is 0.352 e. The lowest BCUT2D eigenvalue weighted by Gasteiger charge is -2.36. The van der Waals surface area contributed by atoms with Gasteiger partial charge >= 0.3 is 0 Å². The topological polar surface area (TPSA) is 57.7 Å². The number of halogens is 1. The fourth-order valence-electron chi connectivity index (χ4n) is 5.55. The number of fused-ring (bicyclic) bond motifs is 5. The molecule has 34 heavy (non-hydrogen) atoms. The highest BCUT2D eigenvalue weighted by Gasteiger charge is 2.64. The van der Waals surface area contributed by atoms with Gasteiger partial charge in [-0.25, -0.2) is 4.90 Å². The van der Waals surface area contributed by atoms with Crippen molar-refractivity contribution in [1.29, 1.82) is 0 Å². The Morgan fingerprint density at radius 2 is 1.53 bits per heavy atom. The van der Waals surface area contributed by atoms with E-state index in [0.29, 0.717) is 11.3 Å². The number of hydrogen-bond donors (Lipinski definition) is 0. The van der Waals surface area contributed by atoms with Gasteiger partial charge in [0.05, 0.1) is 23.6 Å². The second-order valence-electron chi connectivity index (χ2n) is 9.03. The molecule has 2 saturated heterocycles. The molecule has 0 saturated carbocycles. The van der Waals surface area contributed by atoms with Gasteiger partial charge < -0.3 is 4.90 Å². The van der Waals surface area contributed by atoms with E-state index in [1.807, 2.05) is 72.5 Å². The van der Waals surface area contributed by atoms with E-state index < -0.39 is 17.9 Å². The van der Waals surface area contributed by atoms with Gasteiger partial charge in [-0.05, 0) is 42.8 Å². The van der Waals surface area contributed by atoms with Crippen molar-refractivity contribution in [2.45, 2.75) is 19.0 Å². The van der Waals surface area contributed by atoms with E-state index in [2.05, 4.69) is 15.9 Å². The van der Waals surface area contributed by atoms with Gasteiger partial charge in [-0.1, -0.05) is 76.1 Å². The summed E-state index contributed by atoms with van der Waals surface area (Å²) < 4.78 is 0.871. The molecule has 5 nitrogen and oxygen atoms in total. The minimum Gasteiger partial charge on any atom is -0.352 e.